The van der Waals surface area contributed by atoms with Crippen molar-refractivity contribution in [2.45, 2.75) is 40.2 Å². The van der Waals surface area contributed by atoms with Gasteiger partial charge in [0.05, 0.1) is 6.54 Å². The van der Waals surface area contributed by atoms with E-state index in [0.717, 1.165) is 29.1 Å². The maximum atomic E-state index is 12.1. The number of aryl methyl sites for hydroxylation is 1. The highest BCUT2D eigenvalue weighted by Gasteiger charge is 2.16. The van der Waals surface area contributed by atoms with Crippen LogP contribution < -0.4 is 5.32 Å². The predicted molar refractivity (Wildman–Crippen MR) is 90.2 cm³/mol. The quantitative estimate of drug-likeness (QED) is 0.864. The van der Waals surface area contributed by atoms with Crippen LogP contribution in [0.5, 0.6) is 0 Å². The van der Waals surface area contributed by atoms with E-state index in [2.05, 4.69) is 10.4 Å². The van der Waals surface area contributed by atoms with E-state index in [-0.39, 0.29) is 11.8 Å². The molecule has 22 heavy (non-hydrogen) atoms. The molecule has 5 heteroatoms. The molecule has 0 aliphatic rings. The van der Waals surface area contributed by atoms with Crippen LogP contribution in [0.4, 0.5) is 5.82 Å². The lowest BCUT2D eigenvalue weighted by Gasteiger charge is -2.10. The van der Waals surface area contributed by atoms with E-state index in [1.807, 2.05) is 55.8 Å². The molecule has 0 radical (unpaired) electrons. The van der Waals surface area contributed by atoms with Crippen molar-refractivity contribution in [1.29, 1.82) is 0 Å². The Morgan fingerprint density at radius 2 is 1.91 bits per heavy atom. The van der Waals surface area contributed by atoms with Gasteiger partial charge in [0.25, 0.3) is 0 Å². The molecule has 0 fully saturated rings. The molecule has 0 bridgehead atoms. The number of halogens is 1. The Morgan fingerprint density at radius 1 is 1.27 bits per heavy atom. The lowest BCUT2D eigenvalue weighted by molar-refractivity contribution is -0.120. The zero-order valence-electron chi connectivity index (χ0n) is 13.3. The average Bonchev–Trinajstić information content (AvgIpc) is 2.82. The Kier molecular flexibility index (Phi) is 5.61. The first-order valence-electron chi connectivity index (χ1n) is 7.63. The van der Waals surface area contributed by atoms with Crippen molar-refractivity contribution >= 4 is 23.3 Å². The molecule has 0 aliphatic carbocycles. The summed E-state index contributed by atoms with van der Waals surface area (Å²) in [5, 5.41) is 8.10. The third kappa shape index (κ3) is 4.10. The fraction of sp³-hybridized carbons (Fsp3) is 0.412. The Bertz CT molecular complexity index is 630. The van der Waals surface area contributed by atoms with Gasteiger partial charge in [-0.05, 0) is 37.5 Å². The van der Waals surface area contributed by atoms with Gasteiger partial charge in [-0.3, -0.25) is 9.48 Å². The van der Waals surface area contributed by atoms with Gasteiger partial charge in [0.15, 0.2) is 5.82 Å². The van der Waals surface area contributed by atoms with E-state index in [4.69, 9.17) is 11.6 Å². The minimum Gasteiger partial charge on any atom is -0.309 e. The largest absolute Gasteiger partial charge is 0.309 e. The van der Waals surface area contributed by atoms with E-state index in [0.29, 0.717) is 12.4 Å². The third-order valence-electron chi connectivity index (χ3n) is 3.83. The van der Waals surface area contributed by atoms with Crippen molar-refractivity contribution in [2.24, 2.45) is 5.92 Å². The second kappa shape index (κ2) is 7.45. The number of carbonyl (C=O) groups excluding carboxylic acids is 1. The Balaban J connectivity index is 2.07. The normalized spacial score (nSPS) is 11.0. The number of carbonyl (C=O) groups is 1. The zero-order valence-corrected chi connectivity index (χ0v) is 14.0. The predicted octanol–water partition coefficient (Wildman–Crippen LogP) is 4.27. The van der Waals surface area contributed by atoms with Crippen molar-refractivity contribution in [1.82, 2.24) is 9.78 Å². The number of hydrogen-bond acceptors (Lipinski definition) is 2. The summed E-state index contributed by atoms with van der Waals surface area (Å²) in [6, 6.07) is 9.59. The van der Waals surface area contributed by atoms with Gasteiger partial charge >= 0.3 is 0 Å². The molecule has 0 aliphatic heterocycles. The minimum absolute atomic E-state index is 0.0427. The van der Waals surface area contributed by atoms with Crippen molar-refractivity contribution in [2.75, 3.05) is 5.32 Å². The van der Waals surface area contributed by atoms with Gasteiger partial charge in [-0.2, -0.15) is 5.10 Å². The first kappa shape index (κ1) is 16.6. The number of amides is 1. The minimum atomic E-state index is 0.0427. The molecule has 0 unspecified atom stereocenters. The number of rotatable bonds is 6. The van der Waals surface area contributed by atoms with Crippen LogP contribution in [0.2, 0.25) is 5.02 Å². The van der Waals surface area contributed by atoms with Crippen molar-refractivity contribution in [3.63, 3.8) is 0 Å². The lowest BCUT2D eigenvalue weighted by Crippen LogP contribution is -2.22. The summed E-state index contributed by atoms with van der Waals surface area (Å²) in [4.78, 5) is 12.1. The van der Waals surface area contributed by atoms with Gasteiger partial charge < -0.3 is 5.32 Å². The summed E-state index contributed by atoms with van der Waals surface area (Å²) in [5.74, 6) is 0.700. The summed E-state index contributed by atoms with van der Waals surface area (Å²) in [7, 11) is 0. The van der Waals surface area contributed by atoms with Crippen LogP contribution in [0.1, 0.15) is 37.9 Å². The fourth-order valence-electron chi connectivity index (χ4n) is 2.38. The monoisotopic (exact) mass is 319 g/mol. The topological polar surface area (TPSA) is 46.9 Å². The molecule has 4 nitrogen and oxygen atoms in total. The number of aromatic nitrogens is 2. The summed E-state index contributed by atoms with van der Waals surface area (Å²) in [6.07, 6.45) is 1.68. The van der Waals surface area contributed by atoms with E-state index in [1.54, 1.807) is 0 Å². The molecule has 1 amide bonds. The van der Waals surface area contributed by atoms with Crippen LogP contribution in [0.15, 0.2) is 30.3 Å². The Hall–Kier alpha value is -1.81. The van der Waals surface area contributed by atoms with Gasteiger partial charge in [0.2, 0.25) is 5.91 Å². The van der Waals surface area contributed by atoms with Gasteiger partial charge in [0, 0.05) is 22.7 Å². The van der Waals surface area contributed by atoms with Crippen molar-refractivity contribution < 1.29 is 4.79 Å². The molecular formula is C17H22ClN3O. The second-order valence-corrected chi connectivity index (χ2v) is 5.89. The van der Waals surface area contributed by atoms with Crippen LogP contribution in [0.3, 0.4) is 0 Å². The average molecular weight is 320 g/mol. The summed E-state index contributed by atoms with van der Waals surface area (Å²) in [5.41, 5.74) is 2.13. The van der Waals surface area contributed by atoms with E-state index < -0.39 is 0 Å². The van der Waals surface area contributed by atoms with Crippen LogP contribution in [-0.2, 0) is 11.3 Å². The third-order valence-corrected chi connectivity index (χ3v) is 4.09. The Labute approximate surface area is 136 Å². The highest BCUT2D eigenvalue weighted by molar-refractivity contribution is 6.30. The second-order valence-electron chi connectivity index (χ2n) is 5.46. The number of nitrogens with one attached hydrogen (secondary N) is 1. The van der Waals surface area contributed by atoms with Crippen LogP contribution in [-0.4, -0.2) is 15.7 Å². The molecular weight excluding hydrogens is 298 g/mol. The molecule has 0 spiro atoms. The molecule has 2 rings (SSSR count). The first-order valence-corrected chi connectivity index (χ1v) is 8.01. The molecule has 0 saturated carbocycles. The van der Waals surface area contributed by atoms with E-state index in [9.17, 15) is 4.79 Å². The highest BCUT2D eigenvalue weighted by Crippen LogP contribution is 2.16. The summed E-state index contributed by atoms with van der Waals surface area (Å²) < 4.78 is 1.88. The van der Waals surface area contributed by atoms with Crippen molar-refractivity contribution in [3.05, 3.63) is 46.6 Å². The molecule has 1 aromatic carbocycles. The van der Waals surface area contributed by atoms with Crippen molar-refractivity contribution in [3.8, 4) is 0 Å². The van der Waals surface area contributed by atoms with E-state index in [1.165, 1.54) is 0 Å². The molecule has 1 N–H and O–H groups in total. The smallest absolute Gasteiger partial charge is 0.228 e. The maximum Gasteiger partial charge on any atom is 0.228 e. The number of anilines is 1. The Morgan fingerprint density at radius 3 is 2.50 bits per heavy atom. The maximum absolute atomic E-state index is 12.1. The highest BCUT2D eigenvalue weighted by atomic mass is 35.5. The number of benzene rings is 1. The summed E-state index contributed by atoms with van der Waals surface area (Å²) in [6.45, 7) is 6.69. The zero-order chi connectivity index (χ0) is 16.1. The summed E-state index contributed by atoms with van der Waals surface area (Å²) >= 11 is 5.89. The van der Waals surface area contributed by atoms with Gasteiger partial charge in [0.1, 0.15) is 0 Å². The molecule has 0 atom stereocenters. The molecule has 2 aromatic rings. The van der Waals surface area contributed by atoms with E-state index >= 15 is 0 Å². The van der Waals surface area contributed by atoms with Gasteiger partial charge in [-0.15, -0.1) is 0 Å². The van der Waals surface area contributed by atoms with Gasteiger partial charge in [-0.25, -0.2) is 0 Å². The first-order chi connectivity index (χ1) is 10.5. The molecule has 1 aromatic heterocycles. The van der Waals surface area contributed by atoms with Crippen LogP contribution >= 0.6 is 11.6 Å². The van der Waals surface area contributed by atoms with Crippen LogP contribution in [0.25, 0.3) is 0 Å². The van der Waals surface area contributed by atoms with Gasteiger partial charge in [-0.1, -0.05) is 37.6 Å². The fourth-order valence-corrected chi connectivity index (χ4v) is 2.51. The number of hydrogen-bond donors (Lipinski definition) is 1. The molecule has 118 valence electrons. The van der Waals surface area contributed by atoms with Crippen LogP contribution in [0, 0.1) is 12.8 Å². The number of nitrogens with zero attached hydrogens (tertiary/aromatic N) is 2. The molecule has 1 heterocycles. The standard InChI is InChI=1S/C17H22ClN3O/c1-4-14(5-2)17(22)19-16-10-12(3)21(20-16)11-13-6-8-15(18)9-7-13/h6-10,14H,4-5,11H2,1-3H3,(H,19,20,22). The lowest BCUT2D eigenvalue weighted by atomic mass is 10.0. The SMILES string of the molecule is CCC(CC)C(=O)Nc1cc(C)n(Cc2ccc(Cl)cc2)n1. The molecule has 0 saturated heterocycles.